The van der Waals surface area contributed by atoms with Gasteiger partial charge >= 0.3 is 0 Å². The molecule has 0 aliphatic heterocycles. The Labute approximate surface area is 129 Å². The molecule has 0 bridgehead atoms. The van der Waals surface area contributed by atoms with Crippen molar-refractivity contribution < 1.29 is 4.74 Å². The van der Waals surface area contributed by atoms with Crippen LogP contribution in [0.25, 0.3) is 0 Å². The van der Waals surface area contributed by atoms with Gasteiger partial charge in [0, 0.05) is 27.2 Å². The molecular formula is C13H30IN3O. The molecule has 0 rings (SSSR count). The summed E-state index contributed by atoms with van der Waals surface area (Å²) in [4.78, 5) is 4.18. The van der Waals surface area contributed by atoms with E-state index in [1.165, 1.54) is 12.8 Å². The van der Waals surface area contributed by atoms with Gasteiger partial charge in [0.1, 0.15) is 0 Å². The fourth-order valence-electron chi connectivity index (χ4n) is 1.31. The summed E-state index contributed by atoms with van der Waals surface area (Å²) < 4.78 is 5.34. The van der Waals surface area contributed by atoms with E-state index in [2.05, 4.69) is 29.5 Å². The van der Waals surface area contributed by atoms with Crippen molar-refractivity contribution in [3.8, 4) is 0 Å². The van der Waals surface area contributed by atoms with Crippen molar-refractivity contribution >= 4 is 29.9 Å². The maximum atomic E-state index is 5.34. The van der Waals surface area contributed by atoms with Crippen molar-refractivity contribution in [3.63, 3.8) is 0 Å². The zero-order valence-electron chi connectivity index (χ0n) is 12.7. The lowest BCUT2D eigenvalue weighted by Gasteiger charge is -2.24. The van der Waals surface area contributed by atoms with Gasteiger partial charge in [-0.05, 0) is 32.6 Å². The summed E-state index contributed by atoms with van der Waals surface area (Å²) in [6.45, 7) is 10.3. The van der Waals surface area contributed by atoms with Gasteiger partial charge in [0.05, 0.1) is 5.60 Å². The molecule has 0 aromatic heterocycles. The number of ether oxygens (including phenoxy) is 1. The summed E-state index contributed by atoms with van der Waals surface area (Å²) >= 11 is 0. The Morgan fingerprint density at radius 1 is 1.28 bits per heavy atom. The Balaban J connectivity index is 0. The van der Waals surface area contributed by atoms with E-state index in [1.807, 2.05) is 13.8 Å². The molecule has 0 aromatic carbocycles. The van der Waals surface area contributed by atoms with E-state index in [1.54, 1.807) is 14.2 Å². The van der Waals surface area contributed by atoms with Crippen LogP contribution in [-0.4, -0.2) is 38.8 Å². The summed E-state index contributed by atoms with van der Waals surface area (Å²) in [7, 11) is 3.51. The number of nitrogens with one attached hydrogen (secondary N) is 2. The first-order valence-corrected chi connectivity index (χ1v) is 6.41. The summed E-state index contributed by atoms with van der Waals surface area (Å²) in [5, 5.41) is 6.57. The van der Waals surface area contributed by atoms with Gasteiger partial charge in [0.2, 0.25) is 0 Å². The van der Waals surface area contributed by atoms with Crippen molar-refractivity contribution in [3.05, 3.63) is 0 Å². The molecule has 0 saturated carbocycles. The smallest absolute Gasteiger partial charge is 0.191 e. The van der Waals surface area contributed by atoms with Crippen molar-refractivity contribution in [2.45, 2.75) is 46.1 Å². The number of hydrogen-bond donors (Lipinski definition) is 2. The van der Waals surface area contributed by atoms with E-state index >= 15 is 0 Å². The fraction of sp³-hybridized carbons (Fsp3) is 0.923. The van der Waals surface area contributed by atoms with Gasteiger partial charge in [-0.2, -0.15) is 0 Å². The molecule has 110 valence electrons. The van der Waals surface area contributed by atoms with Crippen LogP contribution in [0.2, 0.25) is 0 Å². The molecule has 4 nitrogen and oxygen atoms in total. The van der Waals surface area contributed by atoms with Gasteiger partial charge in [-0.15, -0.1) is 24.0 Å². The topological polar surface area (TPSA) is 45.7 Å². The molecule has 18 heavy (non-hydrogen) atoms. The minimum atomic E-state index is -0.171. The first-order chi connectivity index (χ1) is 7.91. The van der Waals surface area contributed by atoms with Gasteiger partial charge in [-0.25, -0.2) is 0 Å². The van der Waals surface area contributed by atoms with Crippen LogP contribution < -0.4 is 10.6 Å². The highest BCUT2D eigenvalue weighted by Crippen LogP contribution is 2.04. The standard InChI is InChI=1S/C13H29N3O.HI/c1-11(2)8-7-9-15-12(14-5)16-10-13(3,4)17-6;/h11H,7-10H2,1-6H3,(H2,14,15,16);1H. The molecule has 0 aromatic rings. The zero-order chi connectivity index (χ0) is 13.3. The Hall–Kier alpha value is -0.0400. The number of nitrogens with zero attached hydrogens (tertiary/aromatic N) is 1. The highest BCUT2D eigenvalue weighted by atomic mass is 127. The van der Waals surface area contributed by atoms with Gasteiger partial charge in [0.15, 0.2) is 5.96 Å². The van der Waals surface area contributed by atoms with Crippen LogP contribution in [0.4, 0.5) is 0 Å². The van der Waals surface area contributed by atoms with Crippen LogP contribution in [-0.2, 0) is 4.74 Å². The molecule has 0 heterocycles. The third-order valence-electron chi connectivity index (χ3n) is 2.71. The Kier molecular flexibility index (Phi) is 12.2. The van der Waals surface area contributed by atoms with Crippen LogP contribution in [0.1, 0.15) is 40.5 Å². The largest absolute Gasteiger partial charge is 0.377 e. The van der Waals surface area contributed by atoms with E-state index in [0.717, 1.165) is 25.0 Å². The molecule has 0 fully saturated rings. The lowest BCUT2D eigenvalue weighted by molar-refractivity contribution is 0.0268. The van der Waals surface area contributed by atoms with E-state index < -0.39 is 0 Å². The molecule has 5 heteroatoms. The lowest BCUT2D eigenvalue weighted by atomic mass is 10.1. The third-order valence-corrected chi connectivity index (χ3v) is 2.71. The van der Waals surface area contributed by atoms with Crippen LogP contribution in [0, 0.1) is 5.92 Å². The van der Waals surface area contributed by atoms with Gasteiger partial charge in [-0.3, -0.25) is 4.99 Å². The van der Waals surface area contributed by atoms with Crippen molar-refractivity contribution in [1.82, 2.24) is 10.6 Å². The molecule has 0 atom stereocenters. The average Bonchev–Trinajstić information content (AvgIpc) is 2.28. The van der Waals surface area contributed by atoms with Gasteiger partial charge in [0.25, 0.3) is 0 Å². The third kappa shape index (κ3) is 11.1. The first kappa shape index (κ1) is 20.3. The van der Waals surface area contributed by atoms with E-state index in [0.29, 0.717) is 0 Å². The second-order valence-corrected chi connectivity index (χ2v) is 5.35. The van der Waals surface area contributed by atoms with Crippen LogP contribution in [0.15, 0.2) is 4.99 Å². The quantitative estimate of drug-likeness (QED) is 0.313. The van der Waals surface area contributed by atoms with Gasteiger partial charge in [-0.1, -0.05) is 13.8 Å². The molecule has 0 unspecified atom stereocenters. The summed E-state index contributed by atoms with van der Waals surface area (Å²) in [6.07, 6.45) is 2.42. The maximum absolute atomic E-state index is 5.34. The van der Waals surface area contributed by atoms with Crippen LogP contribution in [0.3, 0.4) is 0 Å². The molecule has 0 radical (unpaired) electrons. The fourth-order valence-corrected chi connectivity index (χ4v) is 1.31. The molecule has 0 amide bonds. The number of guanidine groups is 1. The Morgan fingerprint density at radius 3 is 2.33 bits per heavy atom. The predicted octanol–water partition coefficient (Wildman–Crippen LogP) is 2.63. The second-order valence-electron chi connectivity index (χ2n) is 5.35. The Morgan fingerprint density at radius 2 is 1.89 bits per heavy atom. The molecule has 2 N–H and O–H groups in total. The van der Waals surface area contributed by atoms with Crippen molar-refractivity contribution in [2.75, 3.05) is 27.2 Å². The number of aliphatic imine (C=N–C) groups is 1. The van der Waals surface area contributed by atoms with Crippen LogP contribution >= 0.6 is 24.0 Å². The average molecular weight is 371 g/mol. The number of hydrogen-bond acceptors (Lipinski definition) is 2. The van der Waals surface area contributed by atoms with E-state index in [9.17, 15) is 0 Å². The van der Waals surface area contributed by atoms with E-state index in [-0.39, 0.29) is 29.6 Å². The Bertz CT molecular complexity index is 230. The molecule has 0 spiro atoms. The molecular weight excluding hydrogens is 341 g/mol. The predicted molar refractivity (Wildman–Crippen MR) is 89.9 cm³/mol. The number of halogens is 1. The highest BCUT2D eigenvalue weighted by Gasteiger charge is 2.16. The molecule has 0 aliphatic carbocycles. The SMILES string of the molecule is CN=C(NCCCC(C)C)NCC(C)(C)OC.I. The minimum Gasteiger partial charge on any atom is -0.377 e. The van der Waals surface area contributed by atoms with Crippen molar-refractivity contribution in [2.24, 2.45) is 10.9 Å². The van der Waals surface area contributed by atoms with Crippen molar-refractivity contribution in [1.29, 1.82) is 0 Å². The van der Waals surface area contributed by atoms with Gasteiger partial charge < -0.3 is 15.4 Å². The maximum Gasteiger partial charge on any atom is 0.191 e. The highest BCUT2D eigenvalue weighted by molar-refractivity contribution is 14.0. The van der Waals surface area contributed by atoms with E-state index in [4.69, 9.17) is 4.74 Å². The second kappa shape index (κ2) is 10.8. The molecule has 0 aliphatic rings. The summed E-state index contributed by atoms with van der Waals surface area (Å²) in [5.74, 6) is 1.61. The normalized spacial score (nSPS) is 12.3. The number of methoxy groups -OCH3 is 1. The summed E-state index contributed by atoms with van der Waals surface area (Å²) in [5.41, 5.74) is -0.171. The minimum absolute atomic E-state index is 0. The molecule has 0 saturated heterocycles. The monoisotopic (exact) mass is 371 g/mol. The number of rotatable bonds is 7. The summed E-state index contributed by atoms with van der Waals surface area (Å²) in [6, 6.07) is 0. The first-order valence-electron chi connectivity index (χ1n) is 6.41. The lowest BCUT2D eigenvalue weighted by Crippen LogP contribution is -2.45. The van der Waals surface area contributed by atoms with Crippen LogP contribution in [0.5, 0.6) is 0 Å². The zero-order valence-corrected chi connectivity index (χ0v) is 15.0.